The zero-order valence-corrected chi connectivity index (χ0v) is 7.36. The molecule has 0 bridgehead atoms. The Kier molecular flexibility index (Phi) is 42.4. The summed E-state index contributed by atoms with van der Waals surface area (Å²) in [6, 6.07) is 0. The van der Waals surface area contributed by atoms with Crippen molar-refractivity contribution in [3.05, 3.63) is 0 Å². The van der Waals surface area contributed by atoms with E-state index in [2.05, 4.69) is 19.6 Å². The largest absolute Gasteiger partial charge is 0.870 e. The van der Waals surface area contributed by atoms with Gasteiger partial charge in [0.05, 0.1) is 0 Å². The molecule has 3 heteroatoms. The van der Waals surface area contributed by atoms with Crippen LogP contribution in [0.1, 0.15) is 13.3 Å². The third-order valence-electron chi connectivity index (χ3n) is 0.250. The predicted octanol–water partition coefficient (Wildman–Crippen LogP) is -0.150. The second-order valence-corrected chi connectivity index (χ2v) is 1.25. The van der Waals surface area contributed by atoms with Crippen molar-refractivity contribution in [2.24, 2.45) is 0 Å². The summed E-state index contributed by atoms with van der Waals surface area (Å²) in [5.74, 6) is 1.12. The molecule has 1 N–H and O–H groups in total. The molecule has 0 saturated carbocycles. The Morgan fingerprint density at radius 3 is 1.67 bits per heavy atom. The SMILES string of the molecule is CCC[SH2+].[Na].[OH-]. The van der Waals surface area contributed by atoms with Gasteiger partial charge in [-0.2, -0.15) is 0 Å². The summed E-state index contributed by atoms with van der Waals surface area (Å²) in [5.41, 5.74) is 0. The minimum Gasteiger partial charge on any atom is -0.870 e. The molecular formula is C3H10NaOS. The molecule has 1 radical (unpaired) electrons. The Labute approximate surface area is 66.5 Å². The molecule has 0 fully saturated rings. The van der Waals surface area contributed by atoms with E-state index in [0.717, 1.165) is 5.75 Å². The molecule has 0 amide bonds. The molecule has 6 heavy (non-hydrogen) atoms. The average molecular weight is 117 g/mol. The zero-order chi connectivity index (χ0) is 3.41. The molecule has 0 atom stereocenters. The van der Waals surface area contributed by atoms with Crippen LogP contribution in [0.5, 0.6) is 0 Å². The molecule has 0 spiro atoms. The van der Waals surface area contributed by atoms with E-state index in [1.807, 2.05) is 0 Å². The van der Waals surface area contributed by atoms with Crippen molar-refractivity contribution in [1.82, 2.24) is 0 Å². The Morgan fingerprint density at radius 2 is 1.67 bits per heavy atom. The van der Waals surface area contributed by atoms with E-state index >= 15 is 0 Å². The van der Waals surface area contributed by atoms with E-state index in [0.29, 0.717) is 0 Å². The van der Waals surface area contributed by atoms with Crippen molar-refractivity contribution in [3.63, 3.8) is 0 Å². The minimum absolute atomic E-state index is 0. The monoisotopic (exact) mass is 117 g/mol. The quantitative estimate of drug-likeness (QED) is 0.347. The molecule has 0 unspecified atom stereocenters. The van der Waals surface area contributed by atoms with E-state index < -0.39 is 0 Å². The first kappa shape index (κ1) is 15.7. The Morgan fingerprint density at radius 1 is 1.50 bits per heavy atom. The Hall–Kier alpha value is 1.31. The third-order valence-corrected chi connectivity index (χ3v) is 0.750. The fraction of sp³-hybridized carbons (Fsp3) is 1.00. The summed E-state index contributed by atoms with van der Waals surface area (Å²) in [5, 5.41) is 0. The van der Waals surface area contributed by atoms with Gasteiger partial charge >= 0.3 is 0 Å². The fourth-order valence-electron chi connectivity index (χ4n) is 0. The standard InChI is InChI=1S/C3H8S.Na.H2O/c1-2-3-4;;/h4H,2-3H2,1H3;;1H2. The van der Waals surface area contributed by atoms with E-state index in [1.54, 1.807) is 0 Å². The van der Waals surface area contributed by atoms with E-state index in [9.17, 15) is 0 Å². The molecule has 0 aromatic rings. The first-order valence-corrected chi connectivity index (χ1v) is 2.27. The van der Waals surface area contributed by atoms with Crippen LogP contribution in [0.2, 0.25) is 0 Å². The van der Waals surface area contributed by atoms with Crippen molar-refractivity contribution in [1.29, 1.82) is 0 Å². The first-order chi connectivity index (χ1) is 1.91. The molecule has 1 nitrogen and oxygen atoms in total. The number of rotatable bonds is 1. The predicted molar refractivity (Wildman–Crippen MR) is 33.0 cm³/mol. The third kappa shape index (κ3) is 18.5. The minimum atomic E-state index is 0. The second-order valence-electron chi connectivity index (χ2n) is 0.750. The van der Waals surface area contributed by atoms with Crippen LogP contribution in [0, 0.1) is 0 Å². The van der Waals surface area contributed by atoms with Crippen LogP contribution >= 0.6 is 0 Å². The van der Waals surface area contributed by atoms with Gasteiger partial charge in [0.15, 0.2) is 0 Å². The maximum Gasteiger partial charge on any atom is 0.103 e. The Balaban J connectivity index is -0.0000000450. The van der Waals surface area contributed by atoms with E-state index in [1.165, 1.54) is 6.42 Å². The van der Waals surface area contributed by atoms with Gasteiger partial charge in [0.25, 0.3) is 0 Å². The summed E-state index contributed by atoms with van der Waals surface area (Å²) >= 11 is 3.29. The van der Waals surface area contributed by atoms with Crippen LogP contribution in [0.3, 0.4) is 0 Å². The molecular weight excluding hydrogens is 107 g/mol. The molecule has 0 aromatic carbocycles. The van der Waals surface area contributed by atoms with Crippen LogP contribution in [-0.2, 0) is 12.6 Å². The number of hydrogen-bond donors (Lipinski definition) is 0. The van der Waals surface area contributed by atoms with Gasteiger partial charge in [0.1, 0.15) is 5.75 Å². The van der Waals surface area contributed by atoms with Gasteiger partial charge in [-0.1, -0.05) is 6.92 Å². The average Bonchev–Trinajstić information content (AvgIpc) is 1.37. The molecule has 0 aliphatic heterocycles. The molecule has 0 aliphatic carbocycles. The fourth-order valence-corrected chi connectivity index (χ4v) is 0. The molecule has 0 rings (SSSR count). The van der Waals surface area contributed by atoms with Gasteiger partial charge in [-0.25, -0.2) is 0 Å². The summed E-state index contributed by atoms with van der Waals surface area (Å²) < 4.78 is 0. The molecule has 0 saturated heterocycles. The van der Waals surface area contributed by atoms with Gasteiger partial charge in [-0.15, -0.1) is 0 Å². The van der Waals surface area contributed by atoms with Crippen molar-refractivity contribution in [2.75, 3.05) is 5.75 Å². The second kappa shape index (κ2) is 16.2. The summed E-state index contributed by atoms with van der Waals surface area (Å²) in [4.78, 5) is 0. The van der Waals surface area contributed by atoms with Gasteiger partial charge in [-0.05, 0) is 19.0 Å². The summed E-state index contributed by atoms with van der Waals surface area (Å²) in [6.45, 7) is 2.13. The smallest absolute Gasteiger partial charge is 0.103 e. The van der Waals surface area contributed by atoms with Crippen LogP contribution < -0.4 is 0 Å². The van der Waals surface area contributed by atoms with Crippen LogP contribution in [0.15, 0.2) is 0 Å². The van der Waals surface area contributed by atoms with Crippen molar-refractivity contribution >= 4 is 42.2 Å². The van der Waals surface area contributed by atoms with Crippen molar-refractivity contribution in [3.8, 4) is 0 Å². The van der Waals surface area contributed by atoms with Gasteiger partial charge in [0.2, 0.25) is 0 Å². The van der Waals surface area contributed by atoms with Crippen molar-refractivity contribution < 1.29 is 5.48 Å². The van der Waals surface area contributed by atoms with Crippen LogP contribution in [-0.4, -0.2) is 40.8 Å². The maximum absolute atomic E-state index is 3.29. The van der Waals surface area contributed by atoms with Gasteiger partial charge in [0, 0.05) is 29.6 Å². The van der Waals surface area contributed by atoms with E-state index in [-0.39, 0.29) is 35.0 Å². The summed E-state index contributed by atoms with van der Waals surface area (Å²) in [7, 11) is 0. The Bertz CT molecular complexity index is 12.8. The number of hydrogen-bond acceptors (Lipinski definition) is 1. The van der Waals surface area contributed by atoms with Gasteiger partial charge < -0.3 is 5.48 Å². The first-order valence-electron chi connectivity index (χ1n) is 1.56. The molecule has 35 valence electrons. The van der Waals surface area contributed by atoms with Crippen molar-refractivity contribution in [2.45, 2.75) is 13.3 Å². The molecule has 0 aromatic heterocycles. The zero-order valence-electron chi connectivity index (χ0n) is 4.36. The van der Waals surface area contributed by atoms with Crippen LogP contribution in [0.25, 0.3) is 0 Å². The normalized spacial score (nSPS) is 5.00. The van der Waals surface area contributed by atoms with Crippen LogP contribution in [0.4, 0.5) is 0 Å². The summed E-state index contributed by atoms with van der Waals surface area (Å²) in [6.07, 6.45) is 1.23. The van der Waals surface area contributed by atoms with E-state index in [4.69, 9.17) is 0 Å². The molecule has 0 aliphatic rings. The molecule has 0 heterocycles. The topological polar surface area (TPSA) is 30.0 Å². The maximum atomic E-state index is 3.29. The van der Waals surface area contributed by atoms with Gasteiger partial charge in [-0.3, -0.25) is 0 Å².